The zero-order valence-electron chi connectivity index (χ0n) is 15.5. The van der Waals surface area contributed by atoms with Gasteiger partial charge in [-0.15, -0.1) is 6.42 Å². The van der Waals surface area contributed by atoms with Crippen molar-refractivity contribution in [3.63, 3.8) is 0 Å². The Bertz CT molecular complexity index is 1350. The monoisotopic (exact) mass is 452 g/mol. The minimum absolute atomic E-state index is 0.203. The number of para-hydroxylation sites is 2. The first-order chi connectivity index (χ1) is 14.6. The van der Waals surface area contributed by atoms with E-state index in [0.717, 1.165) is 4.70 Å². The number of thiazole rings is 1. The van der Waals surface area contributed by atoms with E-state index in [-0.39, 0.29) is 6.54 Å². The van der Waals surface area contributed by atoms with E-state index in [0.29, 0.717) is 37.4 Å². The number of nitrogens with zero attached hydrogens (tertiary/aromatic N) is 2. The summed E-state index contributed by atoms with van der Waals surface area (Å²) in [4.78, 5) is 17.8. The Morgan fingerprint density at radius 1 is 1.07 bits per heavy atom. The molecule has 0 saturated carbocycles. The lowest BCUT2D eigenvalue weighted by molar-refractivity contribution is 0.0995. The second kappa shape index (κ2) is 8.76. The van der Waals surface area contributed by atoms with Crippen LogP contribution in [0.5, 0.6) is 11.5 Å². The number of terminal acetylenes is 1. The molecule has 148 valence electrons. The van der Waals surface area contributed by atoms with Gasteiger partial charge in [0.25, 0.3) is 5.91 Å². The molecule has 0 radical (unpaired) electrons. The Labute approximate surface area is 187 Å². The molecule has 4 rings (SSSR count). The average Bonchev–Trinajstić information content (AvgIpc) is 3.10. The van der Waals surface area contributed by atoms with Gasteiger partial charge in [0.2, 0.25) is 0 Å². The smallest absolute Gasteiger partial charge is 0.283 e. The maximum atomic E-state index is 13.0. The van der Waals surface area contributed by atoms with Gasteiger partial charge in [0.15, 0.2) is 4.80 Å². The molecule has 0 saturated heterocycles. The summed E-state index contributed by atoms with van der Waals surface area (Å²) < 4.78 is 8.43. The average molecular weight is 453 g/mol. The van der Waals surface area contributed by atoms with E-state index in [9.17, 15) is 4.79 Å². The molecule has 30 heavy (non-hydrogen) atoms. The summed E-state index contributed by atoms with van der Waals surface area (Å²) in [5.41, 5.74) is 1.00. The number of ether oxygens (including phenoxy) is 1. The number of carbonyl (C=O) groups is 1. The van der Waals surface area contributed by atoms with E-state index in [1.807, 2.05) is 36.4 Å². The third kappa shape index (κ3) is 3.99. The van der Waals surface area contributed by atoms with Crippen molar-refractivity contribution in [2.45, 2.75) is 6.54 Å². The topological polar surface area (TPSA) is 43.6 Å². The van der Waals surface area contributed by atoms with Crippen LogP contribution in [0.1, 0.15) is 10.4 Å². The largest absolute Gasteiger partial charge is 0.457 e. The quantitative estimate of drug-likeness (QED) is 0.347. The van der Waals surface area contributed by atoms with Gasteiger partial charge in [0.05, 0.1) is 32.4 Å². The van der Waals surface area contributed by atoms with Crippen LogP contribution in [0.15, 0.2) is 71.7 Å². The summed E-state index contributed by atoms with van der Waals surface area (Å²) in [7, 11) is 0. The Kier molecular flexibility index (Phi) is 5.91. The van der Waals surface area contributed by atoms with Gasteiger partial charge < -0.3 is 9.30 Å². The maximum absolute atomic E-state index is 13.0. The fourth-order valence-electron chi connectivity index (χ4n) is 2.92. The van der Waals surface area contributed by atoms with Crippen molar-refractivity contribution in [3.8, 4) is 23.8 Å². The molecule has 0 spiro atoms. The Hall–Kier alpha value is -3.04. The summed E-state index contributed by atoms with van der Waals surface area (Å²) >= 11 is 13.9. The maximum Gasteiger partial charge on any atom is 0.283 e. The van der Waals surface area contributed by atoms with Gasteiger partial charge in [-0.1, -0.05) is 70.8 Å². The first kappa shape index (κ1) is 20.2. The number of hydrogen-bond donors (Lipinski definition) is 0. The second-order valence-corrected chi connectivity index (χ2v) is 8.01. The van der Waals surface area contributed by atoms with Crippen molar-refractivity contribution in [3.05, 3.63) is 87.1 Å². The highest BCUT2D eigenvalue weighted by Gasteiger charge is 2.16. The molecule has 0 N–H and O–H groups in total. The molecule has 0 bridgehead atoms. The number of carbonyl (C=O) groups excluding carboxylic acids is 1. The molecule has 0 aliphatic heterocycles. The van der Waals surface area contributed by atoms with Crippen molar-refractivity contribution in [2.24, 2.45) is 4.99 Å². The van der Waals surface area contributed by atoms with Crippen LogP contribution in [0.25, 0.3) is 10.2 Å². The predicted octanol–water partition coefficient (Wildman–Crippen LogP) is 6.18. The third-order valence-electron chi connectivity index (χ3n) is 4.27. The van der Waals surface area contributed by atoms with Gasteiger partial charge in [-0.3, -0.25) is 4.79 Å². The van der Waals surface area contributed by atoms with Crippen LogP contribution in [-0.2, 0) is 6.54 Å². The molecule has 1 amide bonds. The molecule has 0 atom stereocenters. The zero-order chi connectivity index (χ0) is 21.1. The molecule has 7 heteroatoms. The first-order valence-corrected chi connectivity index (χ1v) is 10.5. The summed E-state index contributed by atoms with van der Waals surface area (Å²) in [5, 5.41) is 0.787. The fraction of sp³-hybridized carbons (Fsp3) is 0.0435. The number of benzene rings is 3. The molecule has 0 fully saturated rings. The SMILES string of the molecule is C#CCn1c(=NC(=O)c2ccccc2Oc2ccccc2)sc2ccc(Cl)c(Cl)c21. The van der Waals surface area contributed by atoms with Crippen LogP contribution in [0.4, 0.5) is 0 Å². The standard InChI is InChI=1S/C23H14Cl2N2O2S/c1-2-14-27-21-19(13-12-17(24)20(21)25)30-23(27)26-22(28)16-10-6-7-11-18(16)29-15-8-4-3-5-9-15/h1,3-13H,14H2. The van der Waals surface area contributed by atoms with E-state index >= 15 is 0 Å². The number of rotatable bonds is 4. The number of aromatic nitrogens is 1. The van der Waals surface area contributed by atoms with Crippen molar-refractivity contribution in [2.75, 3.05) is 0 Å². The predicted molar refractivity (Wildman–Crippen MR) is 122 cm³/mol. The minimum Gasteiger partial charge on any atom is -0.457 e. The number of fused-ring (bicyclic) bond motifs is 1. The van der Waals surface area contributed by atoms with E-state index in [1.165, 1.54) is 11.3 Å². The Morgan fingerprint density at radius 2 is 1.80 bits per heavy atom. The highest BCUT2D eigenvalue weighted by atomic mass is 35.5. The summed E-state index contributed by atoms with van der Waals surface area (Å²) in [6.45, 7) is 0.203. The Morgan fingerprint density at radius 3 is 2.57 bits per heavy atom. The van der Waals surface area contributed by atoms with Crippen LogP contribution in [0.2, 0.25) is 10.0 Å². The van der Waals surface area contributed by atoms with Gasteiger partial charge in [-0.05, 0) is 36.4 Å². The summed E-state index contributed by atoms with van der Waals surface area (Å²) in [5.74, 6) is 3.18. The van der Waals surface area contributed by atoms with Gasteiger partial charge >= 0.3 is 0 Å². The molecule has 1 aromatic heterocycles. The summed E-state index contributed by atoms with van der Waals surface area (Å²) in [6.07, 6.45) is 5.53. The molecule has 0 aliphatic rings. The molecule has 1 heterocycles. The lowest BCUT2D eigenvalue weighted by Gasteiger charge is -2.08. The summed E-state index contributed by atoms with van der Waals surface area (Å²) in [6, 6.07) is 19.7. The fourth-order valence-corrected chi connectivity index (χ4v) is 4.43. The van der Waals surface area contributed by atoms with Crippen LogP contribution < -0.4 is 9.54 Å². The van der Waals surface area contributed by atoms with Gasteiger partial charge in [-0.25, -0.2) is 0 Å². The third-order valence-corrected chi connectivity index (χ3v) is 6.11. The van der Waals surface area contributed by atoms with E-state index in [2.05, 4.69) is 10.9 Å². The molecular weight excluding hydrogens is 439 g/mol. The van der Waals surface area contributed by atoms with Crippen LogP contribution >= 0.6 is 34.5 Å². The van der Waals surface area contributed by atoms with Crippen molar-refractivity contribution >= 4 is 50.7 Å². The number of amides is 1. The molecule has 4 nitrogen and oxygen atoms in total. The van der Waals surface area contributed by atoms with E-state index in [1.54, 1.807) is 34.9 Å². The lowest BCUT2D eigenvalue weighted by atomic mass is 10.2. The lowest BCUT2D eigenvalue weighted by Crippen LogP contribution is -2.17. The van der Waals surface area contributed by atoms with Crippen LogP contribution in [0, 0.1) is 12.3 Å². The van der Waals surface area contributed by atoms with E-state index in [4.69, 9.17) is 34.4 Å². The van der Waals surface area contributed by atoms with Crippen LogP contribution in [-0.4, -0.2) is 10.5 Å². The molecular formula is C23H14Cl2N2O2S. The highest BCUT2D eigenvalue weighted by Crippen LogP contribution is 2.32. The van der Waals surface area contributed by atoms with Gasteiger partial charge in [0.1, 0.15) is 11.5 Å². The second-order valence-electron chi connectivity index (χ2n) is 6.21. The van der Waals surface area contributed by atoms with Gasteiger partial charge in [-0.2, -0.15) is 4.99 Å². The Balaban J connectivity index is 1.81. The van der Waals surface area contributed by atoms with Gasteiger partial charge in [0, 0.05) is 0 Å². The highest BCUT2D eigenvalue weighted by molar-refractivity contribution is 7.16. The van der Waals surface area contributed by atoms with Crippen LogP contribution in [0.3, 0.4) is 0 Å². The molecule has 3 aromatic carbocycles. The van der Waals surface area contributed by atoms with Crippen molar-refractivity contribution < 1.29 is 9.53 Å². The number of hydrogen-bond acceptors (Lipinski definition) is 3. The number of halogens is 2. The van der Waals surface area contributed by atoms with E-state index < -0.39 is 5.91 Å². The molecule has 4 aromatic rings. The normalized spacial score (nSPS) is 11.4. The van der Waals surface area contributed by atoms with Crippen molar-refractivity contribution in [1.82, 2.24) is 4.57 Å². The zero-order valence-corrected chi connectivity index (χ0v) is 17.8. The van der Waals surface area contributed by atoms with Crippen molar-refractivity contribution in [1.29, 1.82) is 0 Å². The molecule has 0 aliphatic carbocycles. The minimum atomic E-state index is -0.443. The first-order valence-electron chi connectivity index (χ1n) is 8.90. The molecule has 0 unspecified atom stereocenters.